The molecule has 2 N–H and O–H groups in total. The molecular formula is C21H14ClN3O2. The van der Waals surface area contributed by atoms with E-state index in [0.717, 1.165) is 22.2 Å². The molecule has 0 aliphatic carbocycles. The lowest BCUT2D eigenvalue weighted by Gasteiger charge is -2.12. The van der Waals surface area contributed by atoms with Gasteiger partial charge >= 0.3 is 5.97 Å². The van der Waals surface area contributed by atoms with Crippen molar-refractivity contribution in [1.29, 1.82) is 0 Å². The van der Waals surface area contributed by atoms with Gasteiger partial charge in [-0.1, -0.05) is 35.9 Å². The fourth-order valence-electron chi connectivity index (χ4n) is 2.77. The number of nitrogens with zero attached hydrogens (tertiary/aromatic N) is 2. The van der Waals surface area contributed by atoms with Crippen molar-refractivity contribution in [1.82, 2.24) is 9.97 Å². The van der Waals surface area contributed by atoms with E-state index in [1.807, 2.05) is 42.5 Å². The summed E-state index contributed by atoms with van der Waals surface area (Å²) in [6.07, 6.45) is 0. The van der Waals surface area contributed by atoms with Gasteiger partial charge in [0.15, 0.2) is 5.82 Å². The molecule has 0 saturated carbocycles. The van der Waals surface area contributed by atoms with Gasteiger partial charge in [0.05, 0.1) is 16.1 Å². The molecule has 0 bridgehead atoms. The number of carboxylic acid groups (broad SMARTS) is 1. The van der Waals surface area contributed by atoms with E-state index in [-0.39, 0.29) is 5.56 Å². The summed E-state index contributed by atoms with van der Waals surface area (Å²) in [6, 6.07) is 21.6. The van der Waals surface area contributed by atoms with Crippen LogP contribution < -0.4 is 5.32 Å². The number of para-hydroxylation sites is 1. The summed E-state index contributed by atoms with van der Waals surface area (Å²) in [7, 11) is 0. The second-order valence-corrected chi connectivity index (χ2v) is 6.31. The summed E-state index contributed by atoms with van der Waals surface area (Å²) in [5.74, 6) is 0.178. The van der Waals surface area contributed by atoms with Gasteiger partial charge in [-0.05, 0) is 48.5 Å². The number of benzene rings is 3. The molecule has 5 nitrogen and oxygen atoms in total. The van der Waals surface area contributed by atoms with Crippen LogP contribution in [-0.4, -0.2) is 21.0 Å². The van der Waals surface area contributed by atoms with Crippen molar-refractivity contribution < 1.29 is 9.90 Å². The lowest BCUT2D eigenvalue weighted by Crippen LogP contribution is -2.00. The second kappa shape index (κ2) is 7.05. The van der Waals surface area contributed by atoms with Gasteiger partial charge in [0.25, 0.3) is 0 Å². The number of halogens is 1. The SMILES string of the molecule is O=C(O)c1ccc(Nc2nc(-c3ccccc3Cl)nc3ccccc23)cc1. The van der Waals surface area contributed by atoms with Gasteiger partial charge in [0.1, 0.15) is 5.82 Å². The number of carbonyl (C=O) groups is 1. The van der Waals surface area contributed by atoms with Crippen LogP contribution in [0.4, 0.5) is 11.5 Å². The van der Waals surface area contributed by atoms with Crippen molar-refractivity contribution in [2.24, 2.45) is 0 Å². The molecule has 4 rings (SSSR count). The summed E-state index contributed by atoms with van der Waals surface area (Å²) in [5, 5.41) is 13.7. The number of fused-ring (bicyclic) bond motifs is 1. The van der Waals surface area contributed by atoms with E-state index in [9.17, 15) is 4.79 Å². The van der Waals surface area contributed by atoms with Crippen molar-refractivity contribution >= 4 is 40.0 Å². The van der Waals surface area contributed by atoms with Crippen LogP contribution >= 0.6 is 11.6 Å². The summed E-state index contributed by atoms with van der Waals surface area (Å²) < 4.78 is 0. The first-order chi connectivity index (χ1) is 13.1. The zero-order valence-electron chi connectivity index (χ0n) is 14.1. The maximum atomic E-state index is 11.0. The van der Waals surface area contributed by atoms with Crippen LogP contribution in [0, 0.1) is 0 Å². The Bertz CT molecular complexity index is 1140. The molecule has 0 spiro atoms. The molecule has 0 amide bonds. The maximum Gasteiger partial charge on any atom is 0.335 e. The smallest absolute Gasteiger partial charge is 0.335 e. The molecule has 0 unspecified atom stereocenters. The highest BCUT2D eigenvalue weighted by atomic mass is 35.5. The number of aromatic nitrogens is 2. The minimum Gasteiger partial charge on any atom is -0.478 e. The Kier molecular flexibility index (Phi) is 4.44. The predicted octanol–water partition coefficient (Wildman–Crippen LogP) is 5.39. The molecule has 1 aromatic heterocycles. The summed E-state index contributed by atoms with van der Waals surface area (Å²) >= 11 is 6.31. The van der Waals surface area contributed by atoms with Crippen molar-refractivity contribution in [2.45, 2.75) is 0 Å². The van der Waals surface area contributed by atoms with Gasteiger partial charge in [-0.3, -0.25) is 0 Å². The van der Waals surface area contributed by atoms with E-state index in [1.54, 1.807) is 30.3 Å². The second-order valence-electron chi connectivity index (χ2n) is 5.90. The van der Waals surface area contributed by atoms with Gasteiger partial charge in [-0.15, -0.1) is 0 Å². The Labute approximate surface area is 160 Å². The van der Waals surface area contributed by atoms with Gasteiger partial charge in [-0.25, -0.2) is 14.8 Å². The van der Waals surface area contributed by atoms with Gasteiger partial charge in [-0.2, -0.15) is 0 Å². The first-order valence-electron chi connectivity index (χ1n) is 8.24. The van der Waals surface area contributed by atoms with Gasteiger partial charge in [0.2, 0.25) is 0 Å². The van der Waals surface area contributed by atoms with Crippen LogP contribution in [0.15, 0.2) is 72.8 Å². The molecule has 27 heavy (non-hydrogen) atoms. The standard InChI is InChI=1S/C21H14ClN3O2/c22-17-7-3-1-5-15(17)19-24-18-8-4-2-6-16(18)20(25-19)23-14-11-9-13(10-12-14)21(26)27/h1-12H,(H,26,27)(H,23,24,25). The largest absolute Gasteiger partial charge is 0.478 e. The number of anilines is 2. The third-order valence-corrected chi connectivity index (χ3v) is 4.44. The minimum atomic E-state index is -0.963. The first-order valence-corrected chi connectivity index (χ1v) is 8.62. The third kappa shape index (κ3) is 3.45. The molecule has 0 radical (unpaired) electrons. The first kappa shape index (κ1) is 17.0. The van der Waals surface area contributed by atoms with E-state index in [4.69, 9.17) is 16.7 Å². The van der Waals surface area contributed by atoms with E-state index in [0.29, 0.717) is 16.7 Å². The van der Waals surface area contributed by atoms with Crippen LogP contribution in [0.5, 0.6) is 0 Å². The van der Waals surface area contributed by atoms with Crippen LogP contribution in [0.25, 0.3) is 22.3 Å². The number of aromatic carboxylic acids is 1. The molecule has 1 heterocycles. The Hall–Kier alpha value is -3.44. The maximum absolute atomic E-state index is 11.0. The number of nitrogens with one attached hydrogen (secondary N) is 1. The fourth-order valence-corrected chi connectivity index (χ4v) is 2.99. The molecule has 0 atom stereocenters. The Balaban J connectivity index is 1.81. The van der Waals surface area contributed by atoms with Crippen LogP contribution in [0.1, 0.15) is 10.4 Å². The number of carboxylic acids is 1. The lowest BCUT2D eigenvalue weighted by atomic mass is 10.1. The molecular weight excluding hydrogens is 362 g/mol. The van der Waals surface area contributed by atoms with Crippen LogP contribution in [0.2, 0.25) is 5.02 Å². The average Bonchev–Trinajstić information content (AvgIpc) is 2.68. The third-order valence-electron chi connectivity index (χ3n) is 4.11. The minimum absolute atomic E-state index is 0.227. The lowest BCUT2D eigenvalue weighted by molar-refractivity contribution is 0.0697. The molecule has 0 aliphatic heterocycles. The highest BCUT2D eigenvalue weighted by Gasteiger charge is 2.12. The quantitative estimate of drug-likeness (QED) is 0.500. The molecule has 6 heteroatoms. The van der Waals surface area contributed by atoms with Crippen LogP contribution in [-0.2, 0) is 0 Å². The Morgan fingerprint density at radius 3 is 2.33 bits per heavy atom. The highest BCUT2D eigenvalue weighted by Crippen LogP contribution is 2.30. The molecule has 0 fully saturated rings. The number of hydrogen-bond acceptors (Lipinski definition) is 4. The summed E-state index contributed by atoms with van der Waals surface area (Å²) in [4.78, 5) is 20.3. The van der Waals surface area contributed by atoms with Gasteiger partial charge in [0, 0.05) is 16.6 Å². The van der Waals surface area contributed by atoms with E-state index >= 15 is 0 Å². The highest BCUT2D eigenvalue weighted by molar-refractivity contribution is 6.33. The van der Waals surface area contributed by atoms with Crippen molar-refractivity contribution in [3.8, 4) is 11.4 Å². The molecule has 3 aromatic carbocycles. The predicted molar refractivity (Wildman–Crippen MR) is 107 cm³/mol. The van der Waals surface area contributed by atoms with Crippen molar-refractivity contribution in [3.63, 3.8) is 0 Å². The van der Waals surface area contributed by atoms with E-state index < -0.39 is 5.97 Å². The monoisotopic (exact) mass is 375 g/mol. The van der Waals surface area contributed by atoms with Crippen molar-refractivity contribution in [2.75, 3.05) is 5.32 Å². The molecule has 0 saturated heterocycles. The zero-order chi connectivity index (χ0) is 18.8. The topological polar surface area (TPSA) is 75.1 Å². The van der Waals surface area contributed by atoms with Crippen molar-refractivity contribution in [3.05, 3.63) is 83.4 Å². The van der Waals surface area contributed by atoms with Crippen LogP contribution in [0.3, 0.4) is 0 Å². The fraction of sp³-hybridized carbons (Fsp3) is 0. The number of hydrogen-bond donors (Lipinski definition) is 2. The normalized spacial score (nSPS) is 10.7. The molecule has 0 aliphatic rings. The zero-order valence-corrected chi connectivity index (χ0v) is 14.8. The van der Waals surface area contributed by atoms with E-state index in [1.165, 1.54) is 0 Å². The average molecular weight is 376 g/mol. The molecule has 132 valence electrons. The molecule has 4 aromatic rings. The summed E-state index contributed by atoms with van der Waals surface area (Å²) in [5.41, 5.74) is 2.49. The Morgan fingerprint density at radius 2 is 1.59 bits per heavy atom. The summed E-state index contributed by atoms with van der Waals surface area (Å²) in [6.45, 7) is 0. The Morgan fingerprint density at radius 1 is 0.889 bits per heavy atom. The van der Waals surface area contributed by atoms with Gasteiger partial charge < -0.3 is 10.4 Å². The van der Waals surface area contributed by atoms with E-state index in [2.05, 4.69) is 15.3 Å². The number of rotatable bonds is 4.